The molecule has 0 bridgehead atoms. The van der Waals surface area contributed by atoms with Crippen LogP contribution in [0, 0.1) is 0 Å². The molecular formula is C13H24N2O. The van der Waals surface area contributed by atoms with Crippen molar-refractivity contribution in [1.29, 1.82) is 0 Å². The predicted molar refractivity (Wildman–Crippen MR) is 67.2 cm³/mol. The van der Waals surface area contributed by atoms with Gasteiger partial charge >= 0.3 is 6.03 Å². The highest BCUT2D eigenvalue weighted by Crippen LogP contribution is 2.21. The molecule has 0 aromatic carbocycles. The zero-order valence-corrected chi connectivity index (χ0v) is 10.6. The van der Waals surface area contributed by atoms with E-state index >= 15 is 0 Å². The maximum Gasteiger partial charge on any atom is 0.321 e. The summed E-state index contributed by atoms with van der Waals surface area (Å²) in [7, 11) is 1.85. The predicted octanol–water partition coefficient (Wildman–Crippen LogP) is 3.28. The highest BCUT2D eigenvalue weighted by atomic mass is 16.2. The van der Waals surface area contributed by atoms with E-state index in [2.05, 4.69) is 12.2 Å². The molecule has 16 heavy (non-hydrogen) atoms. The lowest BCUT2D eigenvalue weighted by atomic mass is 9.96. The van der Waals surface area contributed by atoms with Gasteiger partial charge in [-0.25, -0.2) is 4.79 Å². The molecular weight excluding hydrogens is 200 g/mol. The molecule has 0 heterocycles. The van der Waals surface area contributed by atoms with E-state index in [9.17, 15) is 4.79 Å². The Morgan fingerprint density at radius 2 is 2.06 bits per heavy atom. The first-order valence-electron chi connectivity index (χ1n) is 6.43. The van der Waals surface area contributed by atoms with Crippen molar-refractivity contribution in [3.05, 3.63) is 11.8 Å². The van der Waals surface area contributed by atoms with Gasteiger partial charge in [-0.1, -0.05) is 25.3 Å². The van der Waals surface area contributed by atoms with Crippen LogP contribution in [0.15, 0.2) is 11.8 Å². The fraction of sp³-hybridized carbons (Fsp3) is 0.769. The zero-order valence-electron chi connectivity index (χ0n) is 10.6. The zero-order chi connectivity index (χ0) is 11.8. The molecule has 0 aliphatic heterocycles. The summed E-state index contributed by atoms with van der Waals surface area (Å²) in [5, 5.41) is 2.89. The molecule has 1 N–H and O–H groups in total. The van der Waals surface area contributed by atoms with Gasteiger partial charge in [0.1, 0.15) is 0 Å². The Balaban J connectivity index is 2.27. The van der Waals surface area contributed by atoms with E-state index in [0.717, 1.165) is 32.2 Å². The molecule has 0 saturated heterocycles. The minimum atomic E-state index is 0.0199. The molecule has 3 heteroatoms. The SMILES string of the molecule is CCCCN(C)C(=O)NC=C1CCCCC1. The lowest BCUT2D eigenvalue weighted by Crippen LogP contribution is -2.35. The number of hydrogen-bond donors (Lipinski definition) is 1. The van der Waals surface area contributed by atoms with E-state index in [1.807, 2.05) is 13.2 Å². The van der Waals surface area contributed by atoms with Gasteiger partial charge in [-0.2, -0.15) is 0 Å². The van der Waals surface area contributed by atoms with Crippen molar-refractivity contribution in [2.45, 2.75) is 51.9 Å². The number of urea groups is 1. The average Bonchev–Trinajstić information content (AvgIpc) is 2.34. The fourth-order valence-electron chi connectivity index (χ4n) is 1.92. The lowest BCUT2D eigenvalue weighted by molar-refractivity contribution is 0.212. The molecule has 1 fully saturated rings. The summed E-state index contributed by atoms with van der Waals surface area (Å²) in [6.45, 7) is 2.97. The van der Waals surface area contributed by atoms with Crippen molar-refractivity contribution in [3.63, 3.8) is 0 Å². The average molecular weight is 224 g/mol. The van der Waals surface area contributed by atoms with Gasteiger partial charge in [0.05, 0.1) is 0 Å². The Kier molecular flexibility index (Phi) is 5.98. The van der Waals surface area contributed by atoms with Crippen LogP contribution < -0.4 is 5.32 Å². The van der Waals surface area contributed by atoms with E-state index in [-0.39, 0.29) is 6.03 Å². The van der Waals surface area contributed by atoms with Crippen LogP contribution in [0.5, 0.6) is 0 Å². The molecule has 3 nitrogen and oxygen atoms in total. The number of amides is 2. The van der Waals surface area contributed by atoms with Gasteiger partial charge in [-0.05, 0) is 32.1 Å². The van der Waals surface area contributed by atoms with Crippen molar-refractivity contribution in [3.8, 4) is 0 Å². The van der Waals surface area contributed by atoms with Gasteiger partial charge in [0.25, 0.3) is 0 Å². The quantitative estimate of drug-likeness (QED) is 0.781. The number of carbonyl (C=O) groups excluding carboxylic acids is 1. The van der Waals surface area contributed by atoms with Crippen LogP contribution in [-0.2, 0) is 0 Å². The van der Waals surface area contributed by atoms with E-state index in [4.69, 9.17) is 0 Å². The molecule has 0 aromatic heterocycles. The largest absolute Gasteiger partial charge is 0.328 e. The molecule has 1 rings (SSSR count). The van der Waals surface area contributed by atoms with Crippen molar-refractivity contribution >= 4 is 6.03 Å². The van der Waals surface area contributed by atoms with Gasteiger partial charge in [0, 0.05) is 19.8 Å². The topological polar surface area (TPSA) is 32.3 Å². The maximum atomic E-state index is 11.7. The van der Waals surface area contributed by atoms with Crippen LogP contribution >= 0.6 is 0 Å². The molecule has 2 amide bonds. The number of rotatable bonds is 4. The summed E-state index contributed by atoms with van der Waals surface area (Å²) in [5.74, 6) is 0. The van der Waals surface area contributed by atoms with Gasteiger partial charge in [-0.3, -0.25) is 0 Å². The summed E-state index contributed by atoms with van der Waals surface area (Å²) in [4.78, 5) is 13.4. The van der Waals surface area contributed by atoms with Crippen molar-refractivity contribution in [2.75, 3.05) is 13.6 Å². The number of nitrogens with zero attached hydrogens (tertiary/aromatic N) is 1. The van der Waals surface area contributed by atoms with Crippen molar-refractivity contribution in [2.24, 2.45) is 0 Å². The van der Waals surface area contributed by atoms with Crippen LogP contribution in [0.3, 0.4) is 0 Å². The van der Waals surface area contributed by atoms with Crippen LogP contribution in [0.2, 0.25) is 0 Å². The Morgan fingerprint density at radius 1 is 1.38 bits per heavy atom. The molecule has 1 saturated carbocycles. The highest BCUT2D eigenvalue weighted by molar-refractivity contribution is 5.74. The Hall–Kier alpha value is -0.990. The third kappa shape index (κ3) is 4.69. The first-order chi connectivity index (χ1) is 7.74. The number of allylic oxidation sites excluding steroid dienone is 1. The molecule has 1 aliphatic carbocycles. The minimum absolute atomic E-state index is 0.0199. The number of nitrogens with one attached hydrogen (secondary N) is 1. The Morgan fingerprint density at radius 3 is 2.69 bits per heavy atom. The molecule has 0 aromatic rings. The summed E-state index contributed by atoms with van der Waals surface area (Å²) in [6.07, 6.45) is 10.3. The fourth-order valence-corrected chi connectivity index (χ4v) is 1.92. The van der Waals surface area contributed by atoms with Gasteiger partial charge in [0.15, 0.2) is 0 Å². The first-order valence-corrected chi connectivity index (χ1v) is 6.43. The summed E-state index contributed by atoms with van der Waals surface area (Å²) >= 11 is 0. The second kappa shape index (κ2) is 7.31. The summed E-state index contributed by atoms with van der Waals surface area (Å²) in [5.41, 5.74) is 1.39. The van der Waals surface area contributed by atoms with Gasteiger partial charge in [-0.15, -0.1) is 0 Å². The second-order valence-corrected chi connectivity index (χ2v) is 4.59. The second-order valence-electron chi connectivity index (χ2n) is 4.59. The normalized spacial score (nSPS) is 15.8. The molecule has 1 aliphatic rings. The minimum Gasteiger partial charge on any atom is -0.328 e. The summed E-state index contributed by atoms with van der Waals surface area (Å²) < 4.78 is 0. The number of unbranched alkanes of at least 4 members (excludes halogenated alkanes) is 1. The van der Waals surface area contributed by atoms with E-state index < -0.39 is 0 Å². The maximum absolute atomic E-state index is 11.7. The lowest BCUT2D eigenvalue weighted by Gasteiger charge is -2.18. The van der Waals surface area contributed by atoms with Gasteiger partial charge < -0.3 is 10.2 Å². The molecule has 0 atom stereocenters. The van der Waals surface area contributed by atoms with Crippen LogP contribution in [-0.4, -0.2) is 24.5 Å². The van der Waals surface area contributed by atoms with Gasteiger partial charge in [0.2, 0.25) is 0 Å². The Bertz CT molecular complexity index is 240. The molecule has 0 spiro atoms. The van der Waals surface area contributed by atoms with Crippen molar-refractivity contribution < 1.29 is 4.79 Å². The van der Waals surface area contributed by atoms with E-state index in [1.54, 1.807) is 4.90 Å². The van der Waals surface area contributed by atoms with Crippen LogP contribution in [0.4, 0.5) is 4.79 Å². The number of carbonyl (C=O) groups is 1. The van der Waals surface area contributed by atoms with Crippen molar-refractivity contribution in [1.82, 2.24) is 10.2 Å². The number of hydrogen-bond acceptors (Lipinski definition) is 1. The Labute approximate surface area is 98.9 Å². The highest BCUT2D eigenvalue weighted by Gasteiger charge is 2.08. The smallest absolute Gasteiger partial charge is 0.321 e. The van der Waals surface area contributed by atoms with Crippen LogP contribution in [0.25, 0.3) is 0 Å². The third-order valence-electron chi connectivity index (χ3n) is 3.09. The third-order valence-corrected chi connectivity index (χ3v) is 3.09. The first kappa shape index (κ1) is 13.1. The molecule has 92 valence electrons. The standard InChI is InChI=1S/C13H24N2O/c1-3-4-10-15(2)13(16)14-11-12-8-6-5-7-9-12/h11H,3-10H2,1-2H3,(H,14,16). The summed E-state index contributed by atoms with van der Waals surface area (Å²) in [6, 6.07) is 0.0199. The monoisotopic (exact) mass is 224 g/mol. The van der Waals surface area contributed by atoms with E-state index in [1.165, 1.54) is 24.8 Å². The molecule has 0 unspecified atom stereocenters. The van der Waals surface area contributed by atoms with Crippen LogP contribution in [0.1, 0.15) is 51.9 Å². The molecule has 0 radical (unpaired) electrons. The van der Waals surface area contributed by atoms with E-state index in [0.29, 0.717) is 0 Å².